The molecule has 3 aromatic heterocycles. The lowest BCUT2D eigenvalue weighted by Crippen LogP contribution is -2.42. The topological polar surface area (TPSA) is 68.8 Å². The summed E-state index contributed by atoms with van der Waals surface area (Å²) in [6.45, 7) is 4.29. The lowest BCUT2D eigenvalue weighted by molar-refractivity contribution is -0.136. The van der Waals surface area contributed by atoms with Crippen LogP contribution in [0.1, 0.15) is 49.7 Å². The highest BCUT2D eigenvalue weighted by Crippen LogP contribution is 2.28. The Kier molecular flexibility index (Phi) is 5.50. The van der Waals surface area contributed by atoms with Crippen molar-refractivity contribution in [2.24, 2.45) is 0 Å². The van der Waals surface area contributed by atoms with E-state index in [1.165, 1.54) is 0 Å². The molecule has 0 aromatic carbocycles. The molecule has 0 unspecified atom stereocenters. The molecule has 3 aromatic rings. The summed E-state index contributed by atoms with van der Waals surface area (Å²) >= 11 is 0. The molecule has 4 heterocycles. The van der Waals surface area contributed by atoms with Crippen molar-refractivity contribution in [3.8, 4) is 0 Å². The molecule has 0 saturated carbocycles. The zero-order valence-electron chi connectivity index (χ0n) is 16.2. The van der Waals surface area contributed by atoms with E-state index in [1.807, 2.05) is 60.9 Å². The fourth-order valence-corrected chi connectivity index (χ4v) is 3.99. The van der Waals surface area contributed by atoms with Crippen LogP contribution in [0.2, 0.25) is 0 Å². The summed E-state index contributed by atoms with van der Waals surface area (Å²) in [7, 11) is 0. The molecule has 146 valence electrons. The predicted molar refractivity (Wildman–Crippen MR) is 106 cm³/mol. The molecule has 0 bridgehead atoms. The minimum atomic E-state index is -0.210. The first-order chi connectivity index (χ1) is 13.8. The summed E-state index contributed by atoms with van der Waals surface area (Å²) in [5, 5.41) is 4.26. The lowest BCUT2D eigenvalue weighted by atomic mass is 9.95. The second kappa shape index (κ2) is 8.37. The predicted octanol–water partition coefficient (Wildman–Crippen LogP) is 2.88. The van der Waals surface area contributed by atoms with Crippen molar-refractivity contribution in [1.29, 1.82) is 0 Å². The maximum Gasteiger partial charge on any atom is 0.247 e. The van der Waals surface area contributed by atoms with Crippen molar-refractivity contribution in [2.45, 2.75) is 44.7 Å². The lowest BCUT2D eigenvalue weighted by Gasteiger charge is -2.34. The van der Waals surface area contributed by atoms with Gasteiger partial charge < -0.3 is 9.47 Å². The van der Waals surface area contributed by atoms with Crippen LogP contribution in [0.3, 0.4) is 0 Å². The van der Waals surface area contributed by atoms with E-state index in [0.717, 1.165) is 50.4 Å². The normalized spacial score (nSPS) is 16.2. The van der Waals surface area contributed by atoms with Gasteiger partial charge in [0.05, 0.1) is 12.2 Å². The molecule has 1 fully saturated rings. The Bertz CT molecular complexity index is 881. The Morgan fingerprint density at radius 2 is 1.96 bits per heavy atom. The van der Waals surface area contributed by atoms with Gasteiger partial charge in [0.1, 0.15) is 11.9 Å². The zero-order valence-corrected chi connectivity index (χ0v) is 16.2. The van der Waals surface area contributed by atoms with Gasteiger partial charge in [0.2, 0.25) is 5.91 Å². The van der Waals surface area contributed by atoms with E-state index in [1.54, 1.807) is 10.9 Å². The Morgan fingerprint density at radius 3 is 2.64 bits per heavy atom. The number of pyridine rings is 1. The van der Waals surface area contributed by atoms with Gasteiger partial charge in [-0.3, -0.25) is 14.5 Å². The Morgan fingerprint density at radius 1 is 1.11 bits per heavy atom. The molecule has 0 radical (unpaired) electrons. The molecule has 7 heteroatoms. The van der Waals surface area contributed by atoms with Gasteiger partial charge in [-0.15, -0.1) is 0 Å². The number of imidazole rings is 1. The molecule has 1 aliphatic heterocycles. The maximum atomic E-state index is 13.0. The third kappa shape index (κ3) is 3.83. The molecule has 1 atom stereocenters. The van der Waals surface area contributed by atoms with Crippen molar-refractivity contribution in [3.05, 3.63) is 66.8 Å². The monoisotopic (exact) mass is 378 g/mol. The van der Waals surface area contributed by atoms with Gasteiger partial charge in [0, 0.05) is 50.0 Å². The first-order valence-electron chi connectivity index (χ1n) is 9.95. The summed E-state index contributed by atoms with van der Waals surface area (Å²) in [5.41, 5.74) is 1.03. The number of piperidine rings is 1. The van der Waals surface area contributed by atoms with Crippen LogP contribution in [0.4, 0.5) is 0 Å². The third-order valence-corrected chi connectivity index (χ3v) is 5.49. The summed E-state index contributed by atoms with van der Waals surface area (Å²) in [6, 6.07) is 7.62. The first kappa shape index (κ1) is 18.4. The van der Waals surface area contributed by atoms with E-state index in [2.05, 4.69) is 19.6 Å². The van der Waals surface area contributed by atoms with E-state index in [-0.39, 0.29) is 11.9 Å². The van der Waals surface area contributed by atoms with E-state index in [4.69, 9.17) is 0 Å². The molecule has 4 rings (SSSR count). The number of nitrogens with zero attached hydrogens (tertiary/aromatic N) is 6. The van der Waals surface area contributed by atoms with Crippen molar-refractivity contribution < 1.29 is 4.79 Å². The van der Waals surface area contributed by atoms with Crippen molar-refractivity contribution >= 4 is 5.91 Å². The van der Waals surface area contributed by atoms with Crippen LogP contribution in [-0.2, 0) is 11.3 Å². The van der Waals surface area contributed by atoms with Crippen LogP contribution in [-0.4, -0.2) is 48.2 Å². The molecule has 1 amide bonds. The molecule has 1 aliphatic rings. The molecular formula is C21H26N6O. The maximum absolute atomic E-state index is 13.0. The number of hydrogen-bond donors (Lipinski definition) is 0. The number of likely N-dealkylation sites (tertiary alicyclic amines) is 1. The Hall–Kier alpha value is -2.96. The SMILES string of the molecule is CC[C@@H](C(=O)N1CCC(c2nccn2Cc2ccccn2)CC1)n1cccn1. The van der Waals surface area contributed by atoms with E-state index < -0.39 is 0 Å². The summed E-state index contributed by atoms with van der Waals surface area (Å²) in [6.07, 6.45) is 11.9. The molecule has 28 heavy (non-hydrogen) atoms. The summed E-state index contributed by atoms with van der Waals surface area (Å²) in [4.78, 5) is 24.0. The van der Waals surface area contributed by atoms with Gasteiger partial charge in [0.15, 0.2) is 0 Å². The van der Waals surface area contributed by atoms with Crippen LogP contribution in [0.15, 0.2) is 55.2 Å². The van der Waals surface area contributed by atoms with Gasteiger partial charge in [-0.25, -0.2) is 4.98 Å². The molecule has 0 spiro atoms. The fraction of sp³-hybridized carbons (Fsp3) is 0.429. The van der Waals surface area contributed by atoms with Gasteiger partial charge in [0.25, 0.3) is 0 Å². The van der Waals surface area contributed by atoms with Crippen LogP contribution in [0.5, 0.6) is 0 Å². The summed E-state index contributed by atoms with van der Waals surface area (Å²) < 4.78 is 3.96. The standard InChI is InChI=1S/C21H26N6O/c1-2-19(27-12-5-10-24-27)21(28)25-13-7-17(8-14-25)20-23-11-15-26(20)16-18-6-3-4-9-22-18/h3-6,9-12,15,17,19H,2,7-8,13-14,16H2,1H3/t19-/m0/s1. The summed E-state index contributed by atoms with van der Waals surface area (Å²) in [5.74, 6) is 1.63. The minimum absolute atomic E-state index is 0.168. The quantitative estimate of drug-likeness (QED) is 0.661. The van der Waals surface area contributed by atoms with E-state index >= 15 is 0 Å². The van der Waals surface area contributed by atoms with Gasteiger partial charge in [-0.05, 0) is 37.5 Å². The number of aromatic nitrogens is 5. The van der Waals surface area contributed by atoms with Crippen LogP contribution in [0.25, 0.3) is 0 Å². The second-order valence-electron chi connectivity index (χ2n) is 7.24. The van der Waals surface area contributed by atoms with E-state index in [0.29, 0.717) is 5.92 Å². The Labute approximate surface area is 165 Å². The highest BCUT2D eigenvalue weighted by molar-refractivity contribution is 5.80. The first-order valence-corrected chi connectivity index (χ1v) is 9.95. The smallest absolute Gasteiger partial charge is 0.247 e. The molecule has 7 nitrogen and oxygen atoms in total. The average Bonchev–Trinajstić information content (AvgIpc) is 3.42. The van der Waals surface area contributed by atoms with Crippen LogP contribution in [0, 0.1) is 0 Å². The van der Waals surface area contributed by atoms with E-state index in [9.17, 15) is 4.79 Å². The number of carbonyl (C=O) groups is 1. The van der Waals surface area contributed by atoms with Crippen LogP contribution >= 0.6 is 0 Å². The fourth-order valence-electron chi connectivity index (χ4n) is 3.99. The highest BCUT2D eigenvalue weighted by Gasteiger charge is 2.30. The van der Waals surface area contributed by atoms with Crippen LogP contribution < -0.4 is 0 Å². The molecular weight excluding hydrogens is 352 g/mol. The van der Waals surface area contributed by atoms with Gasteiger partial charge in [-0.1, -0.05) is 13.0 Å². The third-order valence-electron chi connectivity index (χ3n) is 5.49. The molecule has 0 aliphatic carbocycles. The van der Waals surface area contributed by atoms with Crippen molar-refractivity contribution in [2.75, 3.05) is 13.1 Å². The molecule has 1 saturated heterocycles. The largest absolute Gasteiger partial charge is 0.341 e. The molecule has 0 N–H and O–H groups in total. The number of rotatable bonds is 6. The zero-order chi connectivity index (χ0) is 19.3. The van der Waals surface area contributed by atoms with Gasteiger partial charge >= 0.3 is 0 Å². The number of carbonyl (C=O) groups excluding carboxylic acids is 1. The minimum Gasteiger partial charge on any atom is -0.341 e. The van der Waals surface area contributed by atoms with Crippen molar-refractivity contribution in [1.82, 2.24) is 29.2 Å². The van der Waals surface area contributed by atoms with Crippen molar-refractivity contribution in [3.63, 3.8) is 0 Å². The highest BCUT2D eigenvalue weighted by atomic mass is 16.2. The van der Waals surface area contributed by atoms with Gasteiger partial charge in [-0.2, -0.15) is 5.10 Å². The Balaban J connectivity index is 1.40. The second-order valence-corrected chi connectivity index (χ2v) is 7.24. The number of amides is 1. The number of hydrogen-bond acceptors (Lipinski definition) is 4. The average molecular weight is 378 g/mol.